The highest BCUT2D eigenvalue weighted by Crippen LogP contribution is 2.25. The summed E-state index contributed by atoms with van der Waals surface area (Å²) in [6.07, 6.45) is 4.30. The second-order valence-electron chi connectivity index (χ2n) is 6.36. The second-order valence-corrected chi connectivity index (χ2v) is 6.80. The number of carboxylic acids is 1. The molecule has 0 amide bonds. The zero-order valence-corrected chi connectivity index (χ0v) is 14.4. The first-order valence-electron chi connectivity index (χ1n) is 8.45. The van der Waals surface area contributed by atoms with Gasteiger partial charge in [0, 0.05) is 23.8 Å². The Balaban J connectivity index is 1.73. The average molecular weight is 344 g/mol. The van der Waals surface area contributed by atoms with Crippen LogP contribution in [0.1, 0.15) is 36.3 Å². The van der Waals surface area contributed by atoms with Crippen LogP contribution in [-0.4, -0.2) is 24.2 Å². The predicted octanol–water partition coefficient (Wildman–Crippen LogP) is 4.74. The van der Waals surface area contributed by atoms with Crippen LogP contribution in [0.5, 0.6) is 0 Å². The number of nitrogens with zero attached hydrogens (tertiary/aromatic N) is 1. The van der Waals surface area contributed by atoms with Gasteiger partial charge >= 0.3 is 5.97 Å². The molecule has 24 heavy (non-hydrogen) atoms. The van der Waals surface area contributed by atoms with Crippen LogP contribution in [0, 0.1) is 0 Å². The monoisotopic (exact) mass is 343 g/mol. The summed E-state index contributed by atoms with van der Waals surface area (Å²) in [4.78, 5) is 14.1. The SMILES string of the molecule is O=C(O)C(Cc1ccc(N2CCCCC2)cc1)c1ccc(Cl)cc1. The van der Waals surface area contributed by atoms with Crippen molar-refractivity contribution in [3.63, 3.8) is 0 Å². The molecule has 1 atom stereocenters. The van der Waals surface area contributed by atoms with Gasteiger partial charge in [-0.2, -0.15) is 0 Å². The van der Waals surface area contributed by atoms with Gasteiger partial charge in [0.2, 0.25) is 0 Å². The van der Waals surface area contributed by atoms with Crippen molar-refractivity contribution in [2.75, 3.05) is 18.0 Å². The molecule has 1 aliphatic rings. The Bertz CT molecular complexity index is 676. The highest BCUT2D eigenvalue weighted by atomic mass is 35.5. The third-order valence-electron chi connectivity index (χ3n) is 4.67. The van der Waals surface area contributed by atoms with Gasteiger partial charge in [0.25, 0.3) is 0 Å². The summed E-state index contributed by atoms with van der Waals surface area (Å²) in [6.45, 7) is 2.23. The summed E-state index contributed by atoms with van der Waals surface area (Å²) in [5.41, 5.74) is 3.06. The van der Waals surface area contributed by atoms with Crippen LogP contribution in [0.25, 0.3) is 0 Å². The van der Waals surface area contributed by atoms with Gasteiger partial charge in [0.1, 0.15) is 0 Å². The molecule has 126 valence electrons. The Morgan fingerprint density at radius 2 is 1.62 bits per heavy atom. The van der Waals surface area contributed by atoms with Crippen molar-refractivity contribution < 1.29 is 9.90 Å². The van der Waals surface area contributed by atoms with Gasteiger partial charge in [0.15, 0.2) is 0 Å². The van der Waals surface area contributed by atoms with Crippen molar-refractivity contribution in [1.82, 2.24) is 0 Å². The molecule has 1 unspecified atom stereocenters. The quantitative estimate of drug-likeness (QED) is 0.852. The van der Waals surface area contributed by atoms with E-state index in [1.165, 1.54) is 24.9 Å². The Labute approximate surface area is 147 Å². The third-order valence-corrected chi connectivity index (χ3v) is 4.92. The second kappa shape index (κ2) is 7.71. The topological polar surface area (TPSA) is 40.5 Å². The summed E-state index contributed by atoms with van der Waals surface area (Å²) in [6, 6.07) is 15.4. The molecule has 0 bridgehead atoms. The summed E-state index contributed by atoms with van der Waals surface area (Å²) < 4.78 is 0. The molecule has 1 aliphatic heterocycles. The van der Waals surface area contributed by atoms with Gasteiger partial charge in [-0.15, -0.1) is 0 Å². The predicted molar refractivity (Wildman–Crippen MR) is 98.0 cm³/mol. The molecule has 0 aliphatic carbocycles. The van der Waals surface area contributed by atoms with E-state index >= 15 is 0 Å². The highest BCUT2D eigenvalue weighted by molar-refractivity contribution is 6.30. The minimum absolute atomic E-state index is 0.483. The zero-order valence-electron chi connectivity index (χ0n) is 13.6. The van der Waals surface area contributed by atoms with Gasteiger partial charge in [-0.3, -0.25) is 4.79 Å². The lowest BCUT2D eigenvalue weighted by atomic mass is 9.92. The van der Waals surface area contributed by atoms with E-state index in [2.05, 4.69) is 29.2 Å². The molecule has 0 aromatic heterocycles. The molecule has 2 aromatic rings. The van der Waals surface area contributed by atoms with E-state index < -0.39 is 11.9 Å². The molecule has 4 heteroatoms. The lowest BCUT2D eigenvalue weighted by molar-refractivity contribution is -0.138. The molecule has 2 aromatic carbocycles. The highest BCUT2D eigenvalue weighted by Gasteiger charge is 2.20. The normalized spacial score (nSPS) is 16.0. The van der Waals surface area contributed by atoms with Gasteiger partial charge in [-0.05, 0) is 61.1 Å². The number of rotatable bonds is 5. The molecule has 1 fully saturated rings. The van der Waals surface area contributed by atoms with E-state index in [-0.39, 0.29) is 0 Å². The molecular formula is C20H22ClNO2. The number of hydrogen-bond acceptors (Lipinski definition) is 2. The maximum Gasteiger partial charge on any atom is 0.311 e. The molecular weight excluding hydrogens is 322 g/mol. The van der Waals surface area contributed by atoms with E-state index in [9.17, 15) is 9.90 Å². The van der Waals surface area contributed by atoms with Crippen LogP contribution in [-0.2, 0) is 11.2 Å². The summed E-state index contributed by atoms with van der Waals surface area (Å²) in [7, 11) is 0. The van der Waals surface area contributed by atoms with Crippen molar-refractivity contribution in [3.8, 4) is 0 Å². The van der Waals surface area contributed by atoms with Crippen LogP contribution in [0.4, 0.5) is 5.69 Å². The molecule has 3 nitrogen and oxygen atoms in total. The summed E-state index contributed by atoms with van der Waals surface area (Å²) in [5, 5.41) is 10.2. The van der Waals surface area contributed by atoms with Crippen molar-refractivity contribution >= 4 is 23.3 Å². The van der Waals surface area contributed by atoms with Crippen LogP contribution < -0.4 is 4.90 Å². The Morgan fingerprint density at radius 3 is 2.21 bits per heavy atom. The van der Waals surface area contributed by atoms with Crippen molar-refractivity contribution in [2.24, 2.45) is 0 Å². The molecule has 0 saturated carbocycles. The largest absolute Gasteiger partial charge is 0.481 e. The molecule has 0 spiro atoms. The molecule has 1 saturated heterocycles. The number of hydrogen-bond donors (Lipinski definition) is 1. The third kappa shape index (κ3) is 4.09. The molecule has 3 rings (SSSR count). The zero-order chi connectivity index (χ0) is 16.9. The van der Waals surface area contributed by atoms with Gasteiger partial charge in [-0.1, -0.05) is 35.9 Å². The van der Waals surface area contributed by atoms with E-state index in [1.54, 1.807) is 24.3 Å². The summed E-state index contributed by atoms with van der Waals surface area (Å²) in [5.74, 6) is -1.36. The number of carboxylic acid groups (broad SMARTS) is 1. The maximum absolute atomic E-state index is 11.7. The lowest BCUT2D eigenvalue weighted by Gasteiger charge is -2.29. The number of aliphatic carboxylic acids is 1. The number of anilines is 1. The maximum atomic E-state index is 11.7. The molecule has 0 radical (unpaired) electrons. The minimum atomic E-state index is -0.808. The fourth-order valence-corrected chi connectivity index (χ4v) is 3.40. The van der Waals surface area contributed by atoms with Crippen molar-refractivity contribution in [3.05, 3.63) is 64.7 Å². The molecule has 1 N–H and O–H groups in total. The number of carbonyl (C=O) groups is 1. The number of benzene rings is 2. The lowest BCUT2D eigenvalue weighted by Crippen LogP contribution is -2.29. The van der Waals surface area contributed by atoms with Gasteiger partial charge < -0.3 is 10.0 Å². The average Bonchev–Trinajstić information content (AvgIpc) is 2.62. The number of halogens is 1. The Kier molecular flexibility index (Phi) is 5.41. The smallest absolute Gasteiger partial charge is 0.311 e. The van der Waals surface area contributed by atoms with E-state index in [4.69, 9.17) is 11.6 Å². The molecule has 1 heterocycles. The minimum Gasteiger partial charge on any atom is -0.481 e. The van der Waals surface area contributed by atoms with Crippen molar-refractivity contribution in [1.29, 1.82) is 0 Å². The van der Waals surface area contributed by atoms with Crippen LogP contribution in [0.3, 0.4) is 0 Å². The van der Waals surface area contributed by atoms with Crippen LogP contribution in [0.15, 0.2) is 48.5 Å². The first-order valence-corrected chi connectivity index (χ1v) is 8.83. The summed E-state index contributed by atoms with van der Waals surface area (Å²) >= 11 is 5.90. The van der Waals surface area contributed by atoms with Gasteiger partial charge in [0.05, 0.1) is 5.92 Å². The van der Waals surface area contributed by atoms with Crippen LogP contribution in [0.2, 0.25) is 5.02 Å². The fourth-order valence-electron chi connectivity index (χ4n) is 3.27. The first-order chi connectivity index (χ1) is 11.6. The van der Waals surface area contributed by atoms with Crippen molar-refractivity contribution in [2.45, 2.75) is 31.6 Å². The van der Waals surface area contributed by atoms with Gasteiger partial charge in [-0.25, -0.2) is 0 Å². The van der Waals surface area contributed by atoms with E-state index in [0.29, 0.717) is 11.4 Å². The van der Waals surface area contributed by atoms with E-state index in [0.717, 1.165) is 24.2 Å². The Morgan fingerprint density at radius 1 is 1.00 bits per heavy atom. The standard InChI is InChI=1S/C20H22ClNO2/c21-17-8-6-16(7-9-17)19(20(23)24)14-15-4-10-18(11-5-15)22-12-2-1-3-13-22/h4-11,19H,1-3,12-14H2,(H,23,24). The Hall–Kier alpha value is -2.00. The van der Waals surface area contributed by atoms with E-state index in [1.807, 2.05) is 0 Å². The fraction of sp³-hybridized carbons (Fsp3) is 0.350. The first kappa shape index (κ1) is 16.8. The number of piperidine rings is 1. The van der Waals surface area contributed by atoms with Crippen LogP contribution >= 0.6 is 11.6 Å².